The van der Waals surface area contributed by atoms with Crippen LogP contribution in [0.25, 0.3) is 6.08 Å². The number of benzene rings is 2. The highest BCUT2D eigenvalue weighted by Crippen LogP contribution is 2.33. The zero-order valence-electron chi connectivity index (χ0n) is 12.6. The third kappa shape index (κ3) is 3.46. The second-order valence-corrected chi connectivity index (χ2v) is 6.33. The van der Waals surface area contributed by atoms with E-state index in [4.69, 9.17) is 5.26 Å². The first kappa shape index (κ1) is 15.4. The molecule has 1 heterocycles. The fourth-order valence-corrected chi connectivity index (χ4v) is 3.55. The van der Waals surface area contributed by atoms with Gasteiger partial charge in [-0.05, 0) is 42.0 Å². The van der Waals surface area contributed by atoms with E-state index in [2.05, 4.69) is 12.1 Å². The van der Waals surface area contributed by atoms with Crippen molar-refractivity contribution in [2.75, 3.05) is 17.2 Å². The normalized spacial score (nSPS) is 14.1. The number of anilines is 1. The Balaban J connectivity index is 1.86. The molecule has 1 amide bonds. The molecule has 2 aromatic carbocycles. The van der Waals surface area contributed by atoms with Crippen molar-refractivity contribution in [2.45, 2.75) is 11.3 Å². The number of nitriles is 1. The average molecular weight is 320 g/mol. The van der Waals surface area contributed by atoms with Gasteiger partial charge in [0.25, 0.3) is 5.91 Å². The second kappa shape index (κ2) is 7.17. The lowest BCUT2D eigenvalue weighted by atomic mass is 10.1. The lowest BCUT2D eigenvalue weighted by Crippen LogP contribution is -2.30. The third-order valence-electron chi connectivity index (χ3n) is 3.69. The van der Waals surface area contributed by atoms with Crippen LogP contribution in [0.3, 0.4) is 0 Å². The molecule has 0 saturated carbocycles. The largest absolute Gasteiger partial charge is 0.308 e. The monoisotopic (exact) mass is 320 g/mol. The van der Waals surface area contributed by atoms with Gasteiger partial charge in [0, 0.05) is 17.5 Å². The number of amides is 1. The molecule has 23 heavy (non-hydrogen) atoms. The van der Waals surface area contributed by atoms with Crippen LogP contribution >= 0.6 is 11.8 Å². The Hall–Kier alpha value is -2.51. The predicted molar refractivity (Wildman–Crippen MR) is 94.3 cm³/mol. The van der Waals surface area contributed by atoms with Crippen molar-refractivity contribution in [3.63, 3.8) is 0 Å². The topological polar surface area (TPSA) is 44.1 Å². The number of thioether (sulfide) groups is 1. The van der Waals surface area contributed by atoms with Gasteiger partial charge in [-0.2, -0.15) is 5.26 Å². The summed E-state index contributed by atoms with van der Waals surface area (Å²) in [6.45, 7) is 0.715. The first-order valence-corrected chi connectivity index (χ1v) is 8.48. The molecule has 0 fully saturated rings. The lowest BCUT2D eigenvalue weighted by Gasteiger charge is -2.20. The van der Waals surface area contributed by atoms with E-state index in [1.807, 2.05) is 41.3 Å². The van der Waals surface area contributed by atoms with Crippen LogP contribution in [0.1, 0.15) is 17.5 Å². The van der Waals surface area contributed by atoms with Gasteiger partial charge < -0.3 is 4.90 Å². The van der Waals surface area contributed by atoms with Crippen LogP contribution in [0, 0.1) is 11.3 Å². The van der Waals surface area contributed by atoms with Gasteiger partial charge >= 0.3 is 0 Å². The number of nitrogens with zero attached hydrogens (tertiary/aromatic N) is 2. The summed E-state index contributed by atoms with van der Waals surface area (Å²) < 4.78 is 0. The predicted octanol–water partition coefficient (Wildman–Crippen LogP) is 4.10. The minimum atomic E-state index is -0.0484. The summed E-state index contributed by atoms with van der Waals surface area (Å²) in [5.74, 6) is 0.967. The second-order valence-electron chi connectivity index (χ2n) is 5.19. The zero-order valence-corrected chi connectivity index (χ0v) is 13.4. The Morgan fingerprint density at radius 2 is 1.96 bits per heavy atom. The SMILES string of the molecule is N#Cc1ccccc1/C=C\C(=O)N1CCCSc2ccccc21. The highest BCUT2D eigenvalue weighted by Gasteiger charge is 2.19. The first-order valence-electron chi connectivity index (χ1n) is 7.50. The Kier molecular flexibility index (Phi) is 4.80. The fraction of sp³-hybridized carbons (Fsp3) is 0.158. The number of para-hydroxylation sites is 1. The van der Waals surface area contributed by atoms with Crippen molar-refractivity contribution < 1.29 is 4.79 Å². The molecule has 3 rings (SSSR count). The maximum Gasteiger partial charge on any atom is 0.251 e. The van der Waals surface area contributed by atoms with Crippen LogP contribution in [-0.2, 0) is 4.79 Å². The molecule has 0 aromatic heterocycles. The van der Waals surface area contributed by atoms with Gasteiger partial charge in [0.2, 0.25) is 0 Å². The molecular formula is C19H16N2OS. The fourth-order valence-electron chi connectivity index (χ4n) is 2.55. The Morgan fingerprint density at radius 3 is 2.83 bits per heavy atom. The smallest absolute Gasteiger partial charge is 0.251 e. The molecule has 0 spiro atoms. The van der Waals surface area contributed by atoms with E-state index in [0.717, 1.165) is 28.3 Å². The van der Waals surface area contributed by atoms with Crippen molar-refractivity contribution in [1.82, 2.24) is 0 Å². The Morgan fingerprint density at radius 1 is 1.17 bits per heavy atom. The summed E-state index contributed by atoms with van der Waals surface area (Å²) in [6.07, 6.45) is 4.25. The number of carbonyl (C=O) groups excluding carboxylic acids is 1. The first-order chi connectivity index (χ1) is 11.3. The molecule has 4 heteroatoms. The zero-order chi connectivity index (χ0) is 16.1. The number of hydrogen-bond donors (Lipinski definition) is 0. The van der Waals surface area contributed by atoms with Crippen molar-refractivity contribution in [1.29, 1.82) is 5.26 Å². The molecule has 0 atom stereocenters. The summed E-state index contributed by atoms with van der Waals surface area (Å²) in [5.41, 5.74) is 2.31. The van der Waals surface area contributed by atoms with Crippen molar-refractivity contribution >= 4 is 29.4 Å². The van der Waals surface area contributed by atoms with Crippen LogP contribution in [0.4, 0.5) is 5.69 Å². The molecule has 0 bridgehead atoms. The van der Waals surface area contributed by atoms with Crippen molar-refractivity contribution in [3.05, 3.63) is 65.7 Å². The highest BCUT2D eigenvalue weighted by atomic mass is 32.2. The van der Waals surface area contributed by atoms with Gasteiger partial charge in [-0.1, -0.05) is 30.3 Å². The molecule has 1 aliphatic heterocycles. The van der Waals surface area contributed by atoms with E-state index in [-0.39, 0.29) is 5.91 Å². The molecule has 2 aromatic rings. The van der Waals surface area contributed by atoms with E-state index in [9.17, 15) is 4.79 Å². The van der Waals surface area contributed by atoms with Crippen LogP contribution in [0.2, 0.25) is 0 Å². The van der Waals surface area contributed by atoms with Gasteiger partial charge in [0.05, 0.1) is 17.3 Å². The van der Waals surface area contributed by atoms with E-state index in [0.29, 0.717) is 12.1 Å². The van der Waals surface area contributed by atoms with Gasteiger partial charge in [-0.15, -0.1) is 11.8 Å². The summed E-state index contributed by atoms with van der Waals surface area (Å²) in [4.78, 5) is 15.6. The van der Waals surface area contributed by atoms with E-state index in [1.165, 1.54) is 0 Å². The quantitative estimate of drug-likeness (QED) is 0.783. The standard InChI is InChI=1S/C19H16N2OS/c20-14-16-7-2-1-6-15(16)10-11-19(22)21-12-5-13-23-18-9-4-3-8-17(18)21/h1-4,6-11H,5,12-13H2/b11-10-. The van der Waals surface area contributed by atoms with E-state index >= 15 is 0 Å². The maximum atomic E-state index is 12.6. The average Bonchev–Trinajstić information content (AvgIpc) is 2.82. The van der Waals surface area contributed by atoms with Crippen LogP contribution in [0.5, 0.6) is 0 Å². The lowest BCUT2D eigenvalue weighted by molar-refractivity contribution is -0.114. The highest BCUT2D eigenvalue weighted by molar-refractivity contribution is 7.99. The molecule has 3 nitrogen and oxygen atoms in total. The van der Waals surface area contributed by atoms with Crippen molar-refractivity contribution in [3.8, 4) is 6.07 Å². The third-order valence-corrected chi connectivity index (χ3v) is 4.84. The number of carbonyl (C=O) groups is 1. The summed E-state index contributed by atoms with van der Waals surface area (Å²) >= 11 is 1.79. The Labute approximate surface area is 140 Å². The summed E-state index contributed by atoms with van der Waals surface area (Å²) in [7, 11) is 0. The van der Waals surface area contributed by atoms with Crippen LogP contribution in [0.15, 0.2) is 59.5 Å². The molecule has 0 unspecified atom stereocenters. The number of hydrogen-bond acceptors (Lipinski definition) is 3. The molecule has 0 saturated heterocycles. The van der Waals surface area contributed by atoms with Gasteiger partial charge in [0.15, 0.2) is 0 Å². The van der Waals surface area contributed by atoms with Gasteiger partial charge in [-0.25, -0.2) is 0 Å². The van der Waals surface area contributed by atoms with Crippen LogP contribution < -0.4 is 4.90 Å². The molecule has 1 aliphatic rings. The number of rotatable bonds is 2. The minimum Gasteiger partial charge on any atom is -0.308 e. The summed E-state index contributed by atoms with van der Waals surface area (Å²) in [5, 5.41) is 9.12. The molecule has 114 valence electrons. The van der Waals surface area contributed by atoms with E-state index in [1.54, 1.807) is 30.0 Å². The molecule has 0 N–H and O–H groups in total. The van der Waals surface area contributed by atoms with Crippen molar-refractivity contribution in [2.24, 2.45) is 0 Å². The van der Waals surface area contributed by atoms with Gasteiger partial charge in [0.1, 0.15) is 0 Å². The maximum absolute atomic E-state index is 12.6. The Bertz CT molecular complexity index is 792. The van der Waals surface area contributed by atoms with Gasteiger partial charge in [-0.3, -0.25) is 4.79 Å². The minimum absolute atomic E-state index is 0.0484. The molecule has 0 aliphatic carbocycles. The number of fused-ring (bicyclic) bond motifs is 1. The van der Waals surface area contributed by atoms with Crippen LogP contribution in [-0.4, -0.2) is 18.2 Å². The molecular weight excluding hydrogens is 304 g/mol. The summed E-state index contributed by atoms with van der Waals surface area (Å²) in [6, 6.07) is 17.4. The van der Waals surface area contributed by atoms with E-state index < -0.39 is 0 Å². The molecule has 0 radical (unpaired) electrons.